The minimum atomic E-state index is -0.537. The summed E-state index contributed by atoms with van der Waals surface area (Å²) in [6, 6.07) is 10.8. The number of thioether (sulfide) groups is 1. The van der Waals surface area contributed by atoms with Gasteiger partial charge >= 0.3 is 0 Å². The van der Waals surface area contributed by atoms with Crippen LogP contribution < -0.4 is 9.47 Å². The van der Waals surface area contributed by atoms with Crippen molar-refractivity contribution in [3.05, 3.63) is 67.4 Å². The highest BCUT2D eigenvalue weighted by Gasteiger charge is 2.26. The van der Waals surface area contributed by atoms with E-state index in [1.165, 1.54) is 18.9 Å². The number of nitrogens with zero attached hydrogens (tertiary/aromatic N) is 4. The Bertz CT molecular complexity index is 1080. The summed E-state index contributed by atoms with van der Waals surface area (Å²) in [6.45, 7) is 3.85. The molecule has 0 fully saturated rings. The van der Waals surface area contributed by atoms with E-state index in [4.69, 9.17) is 21.1 Å². The number of halogens is 2. The van der Waals surface area contributed by atoms with Crippen LogP contribution in [0.2, 0.25) is 5.02 Å². The van der Waals surface area contributed by atoms with Crippen molar-refractivity contribution in [3.8, 4) is 17.2 Å². The molecule has 0 amide bonds. The average molecular weight is 528 g/mol. The maximum absolute atomic E-state index is 11.4. The van der Waals surface area contributed by atoms with Gasteiger partial charge in [0.05, 0.1) is 18.2 Å². The van der Waals surface area contributed by atoms with Gasteiger partial charge in [0.1, 0.15) is 11.1 Å². The van der Waals surface area contributed by atoms with Gasteiger partial charge in [0.2, 0.25) is 6.54 Å². The monoisotopic (exact) mass is 526 g/mol. The highest BCUT2D eigenvalue weighted by Crippen LogP contribution is 2.43. The number of aryl methyl sites for hydroxylation is 1. The van der Waals surface area contributed by atoms with Gasteiger partial charge < -0.3 is 9.47 Å². The molecule has 0 saturated heterocycles. The molecule has 0 bridgehead atoms. The first-order chi connectivity index (χ1) is 14.8. The van der Waals surface area contributed by atoms with Gasteiger partial charge in [0.25, 0.3) is 0 Å². The second kappa shape index (κ2) is 10.3. The van der Waals surface area contributed by atoms with Gasteiger partial charge in [0, 0.05) is 15.6 Å². The molecule has 2 aromatic carbocycles. The fraction of sp³-hybridized carbons (Fsp3) is 0.300. The Morgan fingerprint density at radius 1 is 1.29 bits per heavy atom. The Kier molecular flexibility index (Phi) is 7.79. The second-order valence-corrected chi connectivity index (χ2v) is 8.89. The molecule has 0 saturated carbocycles. The van der Waals surface area contributed by atoms with E-state index in [1.54, 1.807) is 18.2 Å². The first-order valence-electron chi connectivity index (χ1n) is 9.30. The number of benzene rings is 2. The molecule has 8 nitrogen and oxygen atoms in total. The van der Waals surface area contributed by atoms with E-state index in [9.17, 15) is 10.1 Å². The summed E-state index contributed by atoms with van der Waals surface area (Å²) >= 11 is 10.8. The average Bonchev–Trinajstić information content (AvgIpc) is 3.09. The molecule has 0 radical (unpaired) electrons. The Labute approximate surface area is 197 Å². The molecule has 11 heteroatoms. The van der Waals surface area contributed by atoms with Gasteiger partial charge in [-0.2, -0.15) is 0 Å². The van der Waals surface area contributed by atoms with Crippen LogP contribution in [0.25, 0.3) is 5.69 Å². The third-order valence-electron chi connectivity index (χ3n) is 4.35. The largest absolute Gasteiger partial charge is 0.493 e. The number of methoxy groups -OCH3 is 1. The molecule has 0 aliphatic rings. The fourth-order valence-corrected chi connectivity index (χ4v) is 4.84. The molecule has 164 valence electrons. The molecule has 1 heterocycles. The van der Waals surface area contributed by atoms with Gasteiger partial charge in [-0.25, -0.2) is 0 Å². The highest BCUT2D eigenvalue weighted by atomic mass is 79.9. The summed E-state index contributed by atoms with van der Waals surface area (Å²) < 4.78 is 13.6. The third kappa shape index (κ3) is 5.50. The lowest BCUT2D eigenvalue weighted by atomic mass is 10.1. The van der Waals surface area contributed by atoms with Gasteiger partial charge in [-0.1, -0.05) is 23.4 Å². The van der Waals surface area contributed by atoms with E-state index < -0.39 is 5.25 Å². The van der Waals surface area contributed by atoms with Crippen molar-refractivity contribution in [1.29, 1.82) is 0 Å². The first kappa shape index (κ1) is 23.4. The quantitative estimate of drug-likeness (QED) is 0.206. The topological polar surface area (TPSA) is 92.3 Å². The Hall–Kier alpha value is -2.30. The Morgan fingerprint density at radius 2 is 2.00 bits per heavy atom. The van der Waals surface area contributed by atoms with Crippen LogP contribution >= 0.6 is 39.3 Å². The zero-order chi connectivity index (χ0) is 22.5. The molecule has 3 aromatic rings. The first-order valence-corrected chi connectivity index (χ1v) is 11.4. The molecule has 0 N–H and O–H groups in total. The van der Waals surface area contributed by atoms with Crippen molar-refractivity contribution >= 4 is 39.3 Å². The van der Waals surface area contributed by atoms with Gasteiger partial charge in [-0.15, -0.1) is 10.2 Å². The maximum Gasteiger partial charge on any atom is 0.220 e. The fourth-order valence-electron chi connectivity index (χ4n) is 2.99. The molecular formula is C20H20BrClN4O4S. The van der Waals surface area contributed by atoms with E-state index in [0.29, 0.717) is 44.1 Å². The lowest BCUT2D eigenvalue weighted by Gasteiger charge is -2.18. The molecule has 31 heavy (non-hydrogen) atoms. The molecular weight excluding hydrogens is 508 g/mol. The van der Waals surface area contributed by atoms with E-state index in [-0.39, 0.29) is 11.5 Å². The van der Waals surface area contributed by atoms with Crippen molar-refractivity contribution < 1.29 is 14.4 Å². The summed E-state index contributed by atoms with van der Waals surface area (Å²) in [5.74, 6) is 1.71. The van der Waals surface area contributed by atoms with Crippen LogP contribution in [0.3, 0.4) is 0 Å². The predicted molar refractivity (Wildman–Crippen MR) is 123 cm³/mol. The third-order valence-corrected chi connectivity index (χ3v) is 6.38. The summed E-state index contributed by atoms with van der Waals surface area (Å²) in [5.41, 5.74) is 1.52. The van der Waals surface area contributed by atoms with Gasteiger partial charge in [-0.3, -0.25) is 14.7 Å². The number of ether oxygens (including phenoxy) is 2. The van der Waals surface area contributed by atoms with Crippen LogP contribution in [-0.4, -0.2) is 39.9 Å². The SMILES string of the molecule is CCOc1c(Br)cc([C@@H](C[N+](=O)[O-])Sc2nnc(C)n2-c2ccc(Cl)cc2)cc1OC. The molecule has 0 spiro atoms. The standard InChI is InChI=1S/C20H20BrClN4O4S/c1-4-30-19-16(21)9-13(10-17(19)29-3)18(11-25(27)28)31-20-24-23-12(2)26(20)15-7-5-14(22)6-8-15/h5-10,18H,4,11H2,1-3H3/t18-/m1/s1. The molecule has 0 unspecified atom stereocenters. The van der Waals surface area contributed by atoms with E-state index in [2.05, 4.69) is 26.1 Å². The molecule has 0 aliphatic heterocycles. The number of hydrogen-bond donors (Lipinski definition) is 0. The summed E-state index contributed by atoms with van der Waals surface area (Å²) in [7, 11) is 1.53. The zero-order valence-corrected chi connectivity index (χ0v) is 20.2. The van der Waals surface area contributed by atoms with Crippen LogP contribution in [0, 0.1) is 17.0 Å². The van der Waals surface area contributed by atoms with Crippen LogP contribution in [0.5, 0.6) is 11.5 Å². The van der Waals surface area contributed by atoms with E-state index in [0.717, 1.165) is 5.69 Å². The number of aromatic nitrogens is 3. The molecule has 0 aliphatic carbocycles. The maximum atomic E-state index is 11.4. The van der Waals surface area contributed by atoms with E-state index >= 15 is 0 Å². The van der Waals surface area contributed by atoms with Crippen LogP contribution in [0.4, 0.5) is 0 Å². The molecule has 3 rings (SSSR count). The summed E-state index contributed by atoms with van der Waals surface area (Å²) in [4.78, 5) is 11.1. The summed E-state index contributed by atoms with van der Waals surface area (Å²) in [5, 5.41) is 20.5. The van der Waals surface area contributed by atoms with Crippen molar-refractivity contribution in [2.24, 2.45) is 0 Å². The van der Waals surface area contributed by atoms with Crippen molar-refractivity contribution in [3.63, 3.8) is 0 Å². The molecule has 1 aromatic heterocycles. The van der Waals surface area contributed by atoms with Crippen molar-refractivity contribution in [1.82, 2.24) is 14.8 Å². The van der Waals surface area contributed by atoms with Crippen LogP contribution in [0.15, 0.2) is 46.0 Å². The molecule has 1 atom stereocenters. The summed E-state index contributed by atoms with van der Waals surface area (Å²) in [6.07, 6.45) is 0. The lowest BCUT2D eigenvalue weighted by molar-refractivity contribution is -0.479. The van der Waals surface area contributed by atoms with Crippen LogP contribution in [0.1, 0.15) is 23.6 Å². The minimum absolute atomic E-state index is 0.305. The minimum Gasteiger partial charge on any atom is -0.493 e. The van der Waals surface area contributed by atoms with E-state index in [1.807, 2.05) is 36.6 Å². The Balaban J connectivity index is 2.02. The lowest BCUT2D eigenvalue weighted by Crippen LogP contribution is -2.12. The van der Waals surface area contributed by atoms with Gasteiger partial charge in [0.15, 0.2) is 16.7 Å². The predicted octanol–water partition coefficient (Wildman–Crippen LogP) is 5.51. The van der Waals surface area contributed by atoms with Crippen LogP contribution in [-0.2, 0) is 0 Å². The number of rotatable bonds is 9. The second-order valence-electron chi connectivity index (χ2n) is 6.43. The zero-order valence-electron chi connectivity index (χ0n) is 17.0. The number of hydrogen-bond acceptors (Lipinski definition) is 7. The smallest absolute Gasteiger partial charge is 0.220 e. The van der Waals surface area contributed by atoms with Gasteiger partial charge in [-0.05, 0) is 71.7 Å². The van der Waals surface area contributed by atoms with Crippen molar-refractivity contribution in [2.45, 2.75) is 24.3 Å². The normalized spacial score (nSPS) is 11.9. The highest BCUT2D eigenvalue weighted by molar-refractivity contribution is 9.10. The Morgan fingerprint density at radius 3 is 2.61 bits per heavy atom. The van der Waals surface area contributed by atoms with Crippen molar-refractivity contribution in [2.75, 3.05) is 20.3 Å². The number of nitro groups is 1.